The van der Waals surface area contributed by atoms with Gasteiger partial charge in [-0.15, -0.1) is 0 Å². The Morgan fingerprint density at radius 3 is 2.52 bits per heavy atom. The molecule has 23 heavy (non-hydrogen) atoms. The lowest BCUT2D eigenvalue weighted by Crippen LogP contribution is -2.46. The number of pyridine rings is 1. The number of hydrogen-bond donors (Lipinski definition) is 0. The molecule has 0 saturated carbocycles. The van der Waals surface area contributed by atoms with Gasteiger partial charge in [0.15, 0.2) is 0 Å². The highest BCUT2D eigenvalue weighted by atomic mass is 19.4. The average Bonchev–Trinajstić information content (AvgIpc) is 2.88. The second-order valence-electron chi connectivity index (χ2n) is 5.55. The summed E-state index contributed by atoms with van der Waals surface area (Å²) in [6, 6.07) is 7.12. The molecule has 2 aromatic heterocycles. The maximum atomic E-state index is 12.9. The maximum Gasteiger partial charge on any atom is 0.416 e. The van der Waals surface area contributed by atoms with E-state index < -0.39 is 11.7 Å². The van der Waals surface area contributed by atoms with Crippen molar-refractivity contribution in [2.75, 3.05) is 18.1 Å². The molecule has 118 valence electrons. The topological polar surface area (TPSA) is 34.0 Å². The Hall–Kier alpha value is -2.57. The molecule has 0 amide bonds. The first-order valence-corrected chi connectivity index (χ1v) is 7.29. The van der Waals surface area contributed by atoms with Crippen LogP contribution in [0.15, 0.2) is 42.7 Å². The fourth-order valence-corrected chi connectivity index (χ4v) is 2.64. The average molecular weight is 318 g/mol. The van der Waals surface area contributed by atoms with Crippen molar-refractivity contribution in [2.45, 2.75) is 12.6 Å². The molecule has 0 aliphatic carbocycles. The van der Waals surface area contributed by atoms with Gasteiger partial charge in [-0.1, -0.05) is 12.1 Å². The number of fused-ring (bicyclic) bond motifs is 1. The van der Waals surface area contributed by atoms with Crippen LogP contribution < -0.4 is 5.01 Å². The molecule has 0 N–H and O–H groups in total. The largest absolute Gasteiger partial charge is 0.416 e. The van der Waals surface area contributed by atoms with Crippen molar-refractivity contribution in [3.05, 3.63) is 48.3 Å². The highest BCUT2D eigenvalue weighted by Gasteiger charge is 2.30. The minimum absolute atomic E-state index is 0.491. The monoisotopic (exact) mass is 318 g/mol. The van der Waals surface area contributed by atoms with Crippen LogP contribution >= 0.6 is 0 Å². The van der Waals surface area contributed by atoms with Crippen LogP contribution in [0.25, 0.3) is 22.2 Å². The van der Waals surface area contributed by atoms with Crippen molar-refractivity contribution < 1.29 is 13.2 Å². The van der Waals surface area contributed by atoms with E-state index >= 15 is 0 Å². The molecule has 4 rings (SSSR count). The number of alkyl halides is 3. The second kappa shape index (κ2) is 4.97. The Bertz CT molecular complexity index is 865. The molecule has 0 bridgehead atoms. The zero-order valence-electron chi connectivity index (χ0n) is 12.1. The summed E-state index contributed by atoms with van der Waals surface area (Å²) in [5.41, 5.74) is 2.01. The van der Waals surface area contributed by atoms with E-state index in [1.807, 2.05) is 6.07 Å². The summed E-state index contributed by atoms with van der Waals surface area (Å²) in [6.45, 7) is 1.84. The molecule has 1 aromatic carbocycles. The smallest absolute Gasteiger partial charge is 0.296 e. The van der Waals surface area contributed by atoms with Crippen LogP contribution in [-0.4, -0.2) is 28.0 Å². The lowest BCUT2D eigenvalue weighted by atomic mass is 10.0. The zero-order chi connectivity index (χ0) is 16.0. The number of benzene rings is 1. The zero-order valence-corrected chi connectivity index (χ0v) is 12.1. The second-order valence-corrected chi connectivity index (χ2v) is 5.55. The summed E-state index contributed by atoms with van der Waals surface area (Å²) in [4.78, 5) is 6.10. The Labute approximate surface area is 130 Å². The van der Waals surface area contributed by atoms with Gasteiger partial charge in [0.2, 0.25) is 0 Å². The highest BCUT2D eigenvalue weighted by molar-refractivity contribution is 5.80. The van der Waals surface area contributed by atoms with E-state index in [4.69, 9.17) is 0 Å². The molecular formula is C16H13F3N4. The van der Waals surface area contributed by atoms with Gasteiger partial charge in [-0.25, -0.2) is 0 Å². The molecule has 1 fully saturated rings. The third-order valence-electron chi connectivity index (χ3n) is 4.03. The quantitative estimate of drug-likeness (QED) is 0.726. The van der Waals surface area contributed by atoms with Crippen LogP contribution in [0.3, 0.4) is 0 Å². The van der Waals surface area contributed by atoms with Crippen LogP contribution in [0.1, 0.15) is 12.0 Å². The van der Waals surface area contributed by atoms with Crippen molar-refractivity contribution in [2.24, 2.45) is 0 Å². The van der Waals surface area contributed by atoms with Crippen LogP contribution in [0, 0.1) is 0 Å². The summed E-state index contributed by atoms with van der Waals surface area (Å²) in [6.07, 6.45) is 0.0125. The molecule has 1 aliphatic heterocycles. The molecule has 1 aliphatic rings. The van der Waals surface area contributed by atoms with Gasteiger partial charge in [-0.05, 0) is 30.2 Å². The molecule has 3 aromatic rings. The third kappa shape index (κ3) is 2.42. The molecule has 4 nitrogen and oxygen atoms in total. The van der Waals surface area contributed by atoms with Crippen LogP contribution in [0.4, 0.5) is 13.2 Å². The molecule has 3 heterocycles. The Morgan fingerprint density at radius 2 is 1.83 bits per heavy atom. The number of halogens is 3. The Morgan fingerprint density at radius 1 is 1.00 bits per heavy atom. The minimum Gasteiger partial charge on any atom is -0.296 e. The fourth-order valence-electron chi connectivity index (χ4n) is 2.64. The first-order valence-electron chi connectivity index (χ1n) is 7.29. The Balaban J connectivity index is 1.80. The van der Waals surface area contributed by atoms with E-state index in [9.17, 15) is 13.2 Å². The number of nitrogens with zero attached hydrogens (tertiary/aromatic N) is 4. The summed E-state index contributed by atoms with van der Waals surface area (Å²) >= 11 is 0. The third-order valence-corrected chi connectivity index (χ3v) is 4.03. The molecule has 0 radical (unpaired) electrons. The van der Waals surface area contributed by atoms with E-state index in [1.165, 1.54) is 6.07 Å². The SMILES string of the molecule is FC(F)(F)c1cccc(-c2cnc3cnn(N4CCC4)c3c2)c1. The molecule has 7 heteroatoms. The predicted octanol–water partition coefficient (Wildman–Crippen LogP) is 3.46. The molecule has 0 unspecified atom stereocenters. The van der Waals surface area contributed by atoms with Crippen LogP contribution in [-0.2, 0) is 6.18 Å². The van der Waals surface area contributed by atoms with Gasteiger partial charge < -0.3 is 0 Å². The van der Waals surface area contributed by atoms with Gasteiger partial charge in [0.25, 0.3) is 0 Å². The van der Waals surface area contributed by atoms with E-state index in [2.05, 4.69) is 15.1 Å². The van der Waals surface area contributed by atoms with E-state index in [1.54, 1.807) is 23.3 Å². The number of rotatable bonds is 2. The van der Waals surface area contributed by atoms with Crippen molar-refractivity contribution >= 4 is 11.0 Å². The number of aromatic nitrogens is 3. The molecule has 0 spiro atoms. The maximum absolute atomic E-state index is 12.9. The summed E-state index contributed by atoms with van der Waals surface area (Å²) in [5, 5.41) is 6.38. The lowest BCUT2D eigenvalue weighted by Gasteiger charge is -2.32. The van der Waals surface area contributed by atoms with Gasteiger partial charge >= 0.3 is 6.18 Å². The van der Waals surface area contributed by atoms with Gasteiger partial charge in [0, 0.05) is 24.8 Å². The first kappa shape index (κ1) is 14.0. The van der Waals surface area contributed by atoms with Crippen LogP contribution in [0.5, 0.6) is 0 Å². The van der Waals surface area contributed by atoms with E-state index in [-0.39, 0.29) is 0 Å². The molecular weight excluding hydrogens is 305 g/mol. The first-order chi connectivity index (χ1) is 11.0. The minimum atomic E-state index is -4.35. The molecule has 1 saturated heterocycles. The predicted molar refractivity (Wildman–Crippen MR) is 80.5 cm³/mol. The number of hydrogen-bond acceptors (Lipinski definition) is 3. The van der Waals surface area contributed by atoms with Crippen molar-refractivity contribution in [1.82, 2.24) is 14.9 Å². The molecule has 0 atom stereocenters. The highest BCUT2D eigenvalue weighted by Crippen LogP contribution is 2.32. The van der Waals surface area contributed by atoms with Crippen LogP contribution in [0.2, 0.25) is 0 Å². The normalized spacial score (nSPS) is 15.0. The fraction of sp³-hybridized carbons (Fsp3) is 0.250. The summed E-state index contributed by atoms with van der Waals surface area (Å²) < 4.78 is 38.6. The summed E-state index contributed by atoms with van der Waals surface area (Å²) in [5.74, 6) is 0. The van der Waals surface area contributed by atoms with Gasteiger partial charge in [0.1, 0.15) is 11.0 Å². The van der Waals surface area contributed by atoms with Gasteiger partial charge in [-0.3, -0.25) is 9.99 Å². The standard InChI is InChI=1S/C16H13F3N4/c17-16(18,19)13-4-1-3-11(7-13)12-8-15-14(20-9-12)10-21-23(15)22-5-2-6-22/h1,3-4,7-10H,2,5-6H2. The lowest BCUT2D eigenvalue weighted by molar-refractivity contribution is -0.137. The van der Waals surface area contributed by atoms with Gasteiger partial charge in [-0.2, -0.15) is 23.1 Å². The van der Waals surface area contributed by atoms with Crippen molar-refractivity contribution in [3.63, 3.8) is 0 Å². The Kier molecular flexibility index (Phi) is 3.04. The van der Waals surface area contributed by atoms with Gasteiger partial charge in [0.05, 0.1) is 11.8 Å². The summed E-state index contributed by atoms with van der Waals surface area (Å²) in [7, 11) is 0. The van der Waals surface area contributed by atoms with E-state index in [0.29, 0.717) is 11.1 Å². The van der Waals surface area contributed by atoms with Crippen molar-refractivity contribution in [1.29, 1.82) is 0 Å². The van der Waals surface area contributed by atoms with E-state index in [0.717, 1.165) is 42.7 Å². The van der Waals surface area contributed by atoms with Crippen molar-refractivity contribution in [3.8, 4) is 11.1 Å².